The highest BCUT2D eigenvalue weighted by Crippen LogP contribution is 2.27. The molecule has 9 nitrogen and oxygen atoms in total. The number of carbonyl (C=O) groups excluding carboxylic acids is 1. The molecule has 1 saturated heterocycles. The number of nitrogens with zero attached hydrogens (tertiary/aromatic N) is 1. The summed E-state index contributed by atoms with van der Waals surface area (Å²) in [7, 11) is 1.30. The molecule has 25 heavy (non-hydrogen) atoms. The zero-order chi connectivity index (χ0) is 18.6. The summed E-state index contributed by atoms with van der Waals surface area (Å²) in [5.41, 5.74) is -0.227. The van der Waals surface area contributed by atoms with Gasteiger partial charge in [0.2, 0.25) is 0 Å². The Balaban J connectivity index is 2.25. The Labute approximate surface area is 143 Å². The minimum Gasteiger partial charge on any atom is -0.469 e. The molecule has 0 radical (unpaired) electrons. The van der Waals surface area contributed by atoms with Crippen molar-refractivity contribution in [3.05, 3.63) is 38.2 Å². The van der Waals surface area contributed by atoms with Crippen LogP contribution in [0.5, 0.6) is 0 Å². The van der Waals surface area contributed by atoms with Crippen molar-refractivity contribution in [3.63, 3.8) is 0 Å². The average molecular weight is 354 g/mol. The monoisotopic (exact) mass is 354 g/mol. The quantitative estimate of drug-likeness (QED) is 0.589. The van der Waals surface area contributed by atoms with Crippen LogP contribution in [0.1, 0.15) is 38.0 Å². The maximum Gasteiger partial charge on any atom is 0.330 e. The first-order valence-corrected chi connectivity index (χ1v) is 7.89. The normalized spacial score (nSPS) is 23.7. The number of methoxy groups -OCH3 is 1. The molecule has 0 spiro atoms. The van der Waals surface area contributed by atoms with Crippen molar-refractivity contribution in [2.24, 2.45) is 0 Å². The molecule has 3 atom stereocenters. The lowest BCUT2D eigenvalue weighted by Crippen LogP contribution is -2.33. The number of rotatable bonds is 6. The molecule has 2 rings (SSSR count). The first kappa shape index (κ1) is 19.1. The lowest BCUT2D eigenvalue weighted by Gasteiger charge is -2.14. The van der Waals surface area contributed by atoms with Gasteiger partial charge in [-0.25, -0.2) is 4.79 Å². The van der Waals surface area contributed by atoms with Crippen LogP contribution in [0.25, 0.3) is 6.08 Å². The van der Waals surface area contributed by atoms with E-state index < -0.39 is 29.7 Å². The average Bonchev–Trinajstić information content (AvgIpc) is 2.95. The van der Waals surface area contributed by atoms with E-state index in [9.17, 15) is 19.5 Å². The standard InChI is InChI=1S/C16H22N2O7/c1-9(3-4-14(21)24-2)5-10-7-18(16(23)17-15(10)22)13-6-11(20)12(8-19)25-13/h5,7,11-13,19-20H,3-4,6,8H2,1-2H3,(H,17,22,23)/t11-,12+,13+/m0/s1. The SMILES string of the molecule is COC(=O)CCC(C)=Cc1cn([C@H]2C[C@H](O)[C@@H](CO)O2)c(=O)[nH]c1=O. The number of aromatic amines is 1. The number of carbonyl (C=O) groups is 1. The summed E-state index contributed by atoms with van der Waals surface area (Å²) in [4.78, 5) is 37.4. The molecular formula is C16H22N2O7. The van der Waals surface area contributed by atoms with Gasteiger partial charge in [-0.3, -0.25) is 19.1 Å². The molecule has 1 aliphatic heterocycles. The molecule has 2 heterocycles. The molecule has 0 unspecified atom stereocenters. The van der Waals surface area contributed by atoms with Gasteiger partial charge in [-0.2, -0.15) is 0 Å². The second-order valence-corrected chi connectivity index (χ2v) is 5.93. The van der Waals surface area contributed by atoms with Gasteiger partial charge in [0.25, 0.3) is 5.56 Å². The van der Waals surface area contributed by atoms with Crippen molar-refractivity contribution < 1.29 is 24.5 Å². The predicted molar refractivity (Wildman–Crippen MR) is 87.8 cm³/mol. The van der Waals surface area contributed by atoms with Gasteiger partial charge in [-0.05, 0) is 19.4 Å². The molecule has 0 aromatic carbocycles. The van der Waals surface area contributed by atoms with E-state index in [1.807, 2.05) is 0 Å². The smallest absolute Gasteiger partial charge is 0.330 e. The molecule has 1 aromatic heterocycles. The zero-order valence-corrected chi connectivity index (χ0v) is 14.1. The van der Waals surface area contributed by atoms with E-state index in [2.05, 4.69) is 9.72 Å². The summed E-state index contributed by atoms with van der Waals surface area (Å²) in [6, 6.07) is 0. The van der Waals surface area contributed by atoms with E-state index in [4.69, 9.17) is 9.84 Å². The number of H-pyrrole nitrogens is 1. The lowest BCUT2D eigenvalue weighted by atomic mass is 10.1. The van der Waals surface area contributed by atoms with E-state index in [0.717, 1.165) is 5.57 Å². The van der Waals surface area contributed by atoms with Crippen molar-refractivity contribution in [2.75, 3.05) is 13.7 Å². The summed E-state index contributed by atoms with van der Waals surface area (Å²) >= 11 is 0. The molecule has 1 fully saturated rings. The molecule has 9 heteroatoms. The third kappa shape index (κ3) is 4.65. The first-order chi connectivity index (χ1) is 11.8. The lowest BCUT2D eigenvalue weighted by molar-refractivity contribution is -0.140. The summed E-state index contributed by atoms with van der Waals surface area (Å²) in [5, 5.41) is 18.9. The van der Waals surface area contributed by atoms with Crippen LogP contribution in [0, 0.1) is 0 Å². The molecule has 138 valence electrons. The number of esters is 1. The Morgan fingerprint density at radius 3 is 2.80 bits per heavy atom. The minimum absolute atomic E-state index is 0.127. The second kappa shape index (κ2) is 8.24. The third-order valence-electron chi connectivity index (χ3n) is 4.04. The van der Waals surface area contributed by atoms with Crippen LogP contribution in [0.2, 0.25) is 0 Å². The van der Waals surface area contributed by atoms with Crippen LogP contribution < -0.4 is 11.2 Å². The highest BCUT2D eigenvalue weighted by molar-refractivity contribution is 5.69. The third-order valence-corrected chi connectivity index (χ3v) is 4.04. The maximum atomic E-state index is 12.0. The van der Waals surface area contributed by atoms with Gasteiger partial charge in [0.1, 0.15) is 12.3 Å². The number of aromatic nitrogens is 2. The first-order valence-electron chi connectivity index (χ1n) is 7.89. The molecule has 1 aromatic rings. The van der Waals surface area contributed by atoms with Gasteiger partial charge in [-0.1, -0.05) is 5.57 Å². The van der Waals surface area contributed by atoms with Crippen LogP contribution in [0.15, 0.2) is 21.4 Å². The topological polar surface area (TPSA) is 131 Å². The van der Waals surface area contributed by atoms with Crippen molar-refractivity contribution >= 4 is 12.0 Å². The largest absolute Gasteiger partial charge is 0.469 e. The molecule has 0 saturated carbocycles. The van der Waals surface area contributed by atoms with E-state index >= 15 is 0 Å². The Morgan fingerprint density at radius 1 is 1.48 bits per heavy atom. The Bertz CT molecular complexity index is 764. The predicted octanol–water partition coefficient (Wildman–Crippen LogP) is -0.466. The molecular weight excluding hydrogens is 332 g/mol. The van der Waals surface area contributed by atoms with Crippen molar-refractivity contribution in [3.8, 4) is 0 Å². The number of hydrogen-bond acceptors (Lipinski definition) is 7. The number of aliphatic hydroxyl groups is 2. The van der Waals surface area contributed by atoms with E-state index in [1.165, 1.54) is 17.9 Å². The van der Waals surface area contributed by atoms with Gasteiger partial charge in [0, 0.05) is 19.0 Å². The molecule has 0 bridgehead atoms. The second-order valence-electron chi connectivity index (χ2n) is 5.93. The van der Waals surface area contributed by atoms with Crippen LogP contribution in [0.4, 0.5) is 0 Å². The summed E-state index contributed by atoms with van der Waals surface area (Å²) < 4.78 is 11.2. The fourth-order valence-electron chi connectivity index (χ4n) is 2.61. The van der Waals surface area contributed by atoms with Crippen molar-refractivity contribution in [1.29, 1.82) is 0 Å². The summed E-state index contributed by atoms with van der Waals surface area (Å²) in [6.45, 7) is 1.39. The number of ether oxygens (including phenoxy) is 2. The fourth-order valence-corrected chi connectivity index (χ4v) is 2.61. The highest BCUT2D eigenvalue weighted by Gasteiger charge is 2.35. The summed E-state index contributed by atoms with van der Waals surface area (Å²) in [5.74, 6) is -0.352. The van der Waals surface area contributed by atoms with E-state index in [1.54, 1.807) is 13.0 Å². The van der Waals surface area contributed by atoms with Gasteiger partial charge < -0.3 is 19.7 Å². The van der Waals surface area contributed by atoms with Crippen LogP contribution in [-0.4, -0.2) is 51.7 Å². The van der Waals surface area contributed by atoms with Gasteiger partial charge in [0.15, 0.2) is 0 Å². The number of aliphatic hydroxyl groups excluding tert-OH is 2. The molecule has 3 N–H and O–H groups in total. The number of hydrogen-bond donors (Lipinski definition) is 3. The summed E-state index contributed by atoms with van der Waals surface area (Å²) in [6.07, 6.45) is 1.20. The Morgan fingerprint density at radius 2 is 2.20 bits per heavy atom. The fraction of sp³-hybridized carbons (Fsp3) is 0.562. The number of allylic oxidation sites excluding steroid dienone is 1. The Kier molecular flexibility index (Phi) is 6.29. The van der Waals surface area contributed by atoms with Crippen molar-refractivity contribution in [1.82, 2.24) is 9.55 Å². The van der Waals surface area contributed by atoms with Crippen LogP contribution in [0.3, 0.4) is 0 Å². The van der Waals surface area contributed by atoms with E-state index in [-0.39, 0.29) is 31.0 Å². The number of nitrogens with one attached hydrogen (secondary N) is 1. The van der Waals surface area contributed by atoms with E-state index in [0.29, 0.717) is 6.42 Å². The van der Waals surface area contributed by atoms with Gasteiger partial charge in [0.05, 0.1) is 25.4 Å². The Hall–Kier alpha value is -2.23. The molecule has 1 aliphatic rings. The zero-order valence-electron chi connectivity index (χ0n) is 14.1. The molecule has 0 aliphatic carbocycles. The minimum atomic E-state index is -0.894. The molecule has 0 amide bonds. The van der Waals surface area contributed by atoms with Gasteiger partial charge in [-0.15, -0.1) is 0 Å². The van der Waals surface area contributed by atoms with Crippen LogP contribution in [-0.2, 0) is 14.3 Å². The van der Waals surface area contributed by atoms with Crippen molar-refractivity contribution in [2.45, 2.75) is 44.6 Å². The van der Waals surface area contributed by atoms with Gasteiger partial charge >= 0.3 is 11.7 Å². The highest BCUT2D eigenvalue weighted by atomic mass is 16.5. The van der Waals surface area contributed by atoms with Crippen LogP contribution >= 0.6 is 0 Å². The maximum absolute atomic E-state index is 12.0.